The fourth-order valence-corrected chi connectivity index (χ4v) is 8.54. The van der Waals surface area contributed by atoms with Crippen LogP contribution in [0.5, 0.6) is 0 Å². The quantitative estimate of drug-likeness (QED) is 0.152. The van der Waals surface area contributed by atoms with E-state index in [4.69, 9.17) is 21.5 Å². The normalized spacial score (nSPS) is 11.3. The van der Waals surface area contributed by atoms with Crippen molar-refractivity contribution in [2.24, 2.45) is 0 Å². The molecule has 4 nitrogen and oxygen atoms in total. The Kier molecular flexibility index (Phi) is 8.50. The summed E-state index contributed by atoms with van der Waals surface area (Å²) in [6.07, 6.45) is 0. The van der Waals surface area contributed by atoms with Crippen LogP contribution in [-0.2, 0) is 0 Å². The molecule has 0 atom stereocenters. The Labute approximate surface area is 348 Å². The van der Waals surface area contributed by atoms with Gasteiger partial charge >= 0.3 is 0 Å². The molecule has 0 radical (unpaired) electrons. The summed E-state index contributed by atoms with van der Waals surface area (Å²) >= 11 is 0. The number of hydrogen-bond donors (Lipinski definition) is 0. The molecule has 60 heavy (non-hydrogen) atoms. The van der Waals surface area contributed by atoms with Gasteiger partial charge in [-0.1, -0.05) is 182 Å². The maximum atomic E-state index is 8.11. The zero-order valence-electron chi connectivity index (χ0n) is 32.4. The van der Waals surface area contributed by atoms with E-state index in [-0.39, 0.29) is 0 Å². The van der Waals surface area contributed by atoms with Gasteiger partial charge in [0.05, 0.1) is 6.57 Å². The smallest absolute Gasteiger partial charge is 0.194 e. The van der Waals surface area contributed by atoms with Gasteiger partial charge in [0, 0.05) is 16.7 Å². The molecule has 4 heteroatoms. The van der Waals surface area contributed by atoms with Crippen LogP contribution in [0, 0.1) is 6.57 Å². The van der Waals surface area contributed by atoms with Crippen LogP contribution in [0.25, 0.3) is 117 Å². The van der Waals surface area contributed by atoms with Crippen LogP contribution in [0.15, 0.2) is 206 Å². The van der Waals surface area contributed by atoms with Crippen LogP contribution in [0.3, 0.4) is 0 Å². The highest BCUT2D eigenvalue weighted by Crippen LogP contribution is 2.48. The summed E-state index contributed by atoms with van der Waals surface area (Å²) in [7, 11) is 0. The highest BCUT2D eigenvalue weighted by Gasteiger charge is 2.21. The standard InChI is InChI=1S/C56H34N4/c1-57-52-30-28-44(42-22-10-24-46(33-42)56-59-54(37-13-4-2-5-14-37)58-55(60-56)38-15-6-3-7-16-38)34-50(52)45-23-9-21-41(32-45)39-19-8-20-40(31-39)43-27-29-47-48-25-11-17-36-18-12-26-49(53(36)48)51(47)35-43/h2-35H. The van der Waals surface area contributed by atoms with Crippen LogP contribution in [0.2, 0.25) is 0 Å². The third-order valence-corrected chi connectivity index (χ3v) is 11.5. The summed E-state index contributed by atoms with van der Waals surface area (Å²) in [5.41, 5.74) is 17.0. The first kappa shape index (κ1) is 34.9. The van der Waals surface area contributed by atoms with Crippen molar-refractivity contribution < 1.29 is 0 Å². The molecule has 9 aromatic carbocycles. The summed E-state index contributed by atoms with van der Waals surface area (Å²) in [5, 5.41) is 2.62. The fraction of sp³-hybridized carbons (Fsp3) is 0. The zero-order valence-corrected chi connectivity index (χ0v) is 32.4. The average molecular weight is 763 g/mol. The Morgan fingerprint density at radius 2 is 0.700 bits per heavy atom. The number of benzene rings is 9. The Morgan fingerprint density at radius 1 is 0.283 bits per heavy atom. The third-order valence-electron chi connectivity index (χ3n) is 11.5. The molecule has 0 unspecified atom stereocenters. The van der Waals surface area contributed by atoms with Crippen LogP contribution in [0.4, 0.5) is 5.69 Å². The van der Waals surface area contributed by atoms with Crippen molar-refractivity contribution >= 4 is 16.5 Å². The number of aromatic nitrogens is 3. The van der Waals surface area contributed by atoms with Gasteiger partial charge in [-0.3, -0.25) is 0 Å². The average Bonchev–Trinajstić information content (AvgIpc) is 3.66. The summed E-state index contributed by atoms with van der Waals surface area (Å²) in [6.45, 7) is 8.11. The molecular formula is C56H34N4. The number of hydrogen-bond acceptors (Lipinski definition) is 3. The summed E-state index contributed by atoms with van der Waals surface area (Å²) in [5.74, 6) is 1.84. The molecule has 0 bridgehead atoms. The predicted octanol–water partition coefficient (Wildman–Crippen LogP) is 14.9. The van der Waals surface area contributed by atoms with Crippen molar-refractivity contribution in [1.82, 2.24) is 15.0 Å². The van der Waals surface area contributed by atoms with Gasteiger partial charge < -0.3 is 0 Å². The second-order valence-electron chi connectivity index (χ2n) is 15.1. The molecule has 278 valence electrons. The van der Waals surface area contributed by atoms with Gasteiger partial charge in [-0.25, -0.2) is 19.8 Å². The van der Waals surface area contributed by atoms with Gasteiger partial charge in [0.2, 0.25) is 0 Å². The fourth-order valence-electron chi connectivity index (χ4n) is 8.54. The van der Waals surface area contributed by atoms with Crippen molar-refractivity contribution in [2.75, 3.05) is 0 Å². The number of nitrogens with zero attached hydrogens (tertiary/aromatic N) is 4. The van der Waals surface area contributed by atoms with E-state index in [2.05, 4.69) is 126 Å². The van der Waals surface area contributed by atoms with Crippen LogP contribution in [0.1, 0.15) is 0 Å². The van der Waals surface area contributed by atoms with Gasteiger partial charge in [0.1, 0.15) is 0 Å². The van der Waals surface area contributed by atoms with E-state index < -0.39 is 0 Å². The Hall–Kier alpha value is -8.26. The molecule has 1 heterocycles. The van der Waals surface area contributed by atoms with E-state index >= 15 is 0 Å². The largest absolute Gasteiger partial charge is 0.238 e. The number of rotatable bonds is 7. The van der Waals surface area contributed by atoms with E-state index in [0.29, 0.717) is 23.2 Å². The Bertz CT molecular complexity index is 3260. The van der Waals surface area contributed by atoms with Gasteiger partial charge in [0.25, 0.3) is 0 Å². The maximum Gasteiger partial charge on any atom is 0.194 e. The van der Waals surface area contributed by atoms with E-state index in [1.165, 1.54) is 38.6 Å². The molecule has 0 spiro atoms. The van der Waals surface area contributed by atoms with Crippen LogP contribution >= 0.6 is 0 Å². The van der Waals surface area contributed by atoms with Crippen molar-refractivity contribution in [1.29, 1.82) is 0 Å². The topological polar surface area (TPSA) is 43.0 Å². The monoisotopic (exact) mass is 762 g/mol. The van der Waals surface area contributed by atoms with Gasteiger partial charge in [-0.05, 0) is 102 Å². The second kappa shape index (κ2) is 14.6. The molecule has 0 aliphatic heterocycles. The minimum Gasteiger partial charge on any atom is -0.238 e. The maximum absolute atomic E-state index is 8.11. The minimum atomic E-state index is 0.597. The molecule has 10 aromatic rings. The van der Waals surface area contributed by atoms with Crippen molar-refractivity contribution in [3.63, 3.8) is 0 Å². The van der Waals surface area contributed by atoms with Gasteiger partial charge in [-0.2, -0.15) is 0 Å². The van der Waals surface area contributed by atoms with Crippen LogP contribution < -0.4 is 0 Å². The van der Waals surface area contributed by atoms with Crippen LogP contribution in [-0.4, -0.2) is 15.0 Å². The predicted molar refractivity (Wildman–Crippen MR) is 246 cm³/mol. The molecule has 1 aromatic heterocycles. The lowest BCUT2D eigenvalue weighted by atomic mass is 9.93. The molecule has 0 amide bonds. The number of fused-ring (bicyclic) bond motifs is 3. The Balaban J connectivity index is 0.936. The van der Waals surface area contributed by atoms with Crippen molar-refractivity contribution in [2.45, 2.75) is 0 Å². The summed E-state index contributed by atoms with van der Waals surface area (Å²) < 4.78 is 0. The van der Waals surface area contributed by atoms with E-state index in [1.54, 1.807) is 0 Å². The lowest BCUT2D eigenvalue weighted by Gasteiger charge is -2.13. The molecule has 1 aliphatic rings. The zero-order chi connectivity index (χ0) is 40.0. The molecule has 0 fully saturated rings. The first-order valence-electron chi connectivity index (χ1n) is 20.0. The lowest BCUT2D eigenvalue weighted by molar-refractivity contribution is 1.07. The molecule has 0 saturated carbocycles. The van der Waals surface area contributed by atoms with Crippen molar-refractivity contribution in [3.8, 4) is 101 Å². The van der Waals surface area contributed by atoms with Crippen molar-refractivity contribution in [3.05, 3.63) is 218 Å². The highest BCUT2D eigenvalue weighted by molar-refractivity contribution is 6.15. The Morgan fingerprint density at radius 3 is 1.28 bits per heavy atom. The molecule has 1 aliphatic carbocycles. The van der Waals surface area contributed by atoms with E-state index in [9.17, 15) is 0 Å². The van der Waals surface area contributed by atoms with E-state index in [0.717, 1.165) is 55.6 Å². The lowest BCUT2D eigenvalue weighted by Crippen LogP contribution is -2.00. The third kappa shape index (κ3) is 6.23. The molecule has 0 saturated heterocycles. The van der Waals surface area contributed by atoms with Gasteiger partial charge in [-0.15, -0.1) is 0 Å². The molecule has 0 N–H and O–H groups in total. The molecular weight excluding hydrogens is 729 g/mol. The SMILES string of the molecule is [C-]#[N+]c1ccc(-c2cccc(-c3nc(-c4ccccc4)nc(-c4ccccc4)n3)c2)cc1-c1cccc(-c2cccc(-c3ccc4c(c3)-c3cccc5cccc-4c35)c2)c1. The summed E-state index contributed by atoms with van der Waals surface area (Å²) in [4.78, 5) is 18.7. The molecule has 11 rings (SSSR count). The summed E-state index contributed by atoms with van der Waals surface area (Å²) in [6, 6.07) is 71.7. The highest BCUT2D eigenvalue weighted by atomic mass is 15.0. The first-order chi connectivity index (χ1) is 29.7. The second-order valence-corrected chi connectivity index (χ2v) is 15.1. The van der Waals surface area contributed by atoms with Gasteiger partial charge in [0.15, 0.2) is 23.2 Å². The van der Waals surface area contributed by atoms with E-state index in [1.807, 2.05) is 84.9 Å². The first-order valence-corrected chi connectivity index (χ1v) is 20.0. The minimum absolute atomic E-state index is 0.597.